The molecule has 3 rings (SSSR count). The van der Waals surface area contributed by atoms with Gasteiger partial charge in [-0.1, -0.05) is 42.5 Å². The highest BCUT2D eigenvalue weighted by Gasteiger charge is 2.10. The van der Waals surface area contributed by atoms with Crippen LogP contribution in [-0.2, 0) is 6.61 Å². The van der Waals surface area contributed by atoms with E-state index in [-0.39, 0.29) is 11.3 Å². The molecule has 22 heavy (non-hydrogen) atoms. The van der Waals surface area contributed by atoms with Crippen LogP contribution in [-0.4, -0.2) is 5.78 Å². The number of hydrogen-bond donors (Lipinski definition) is 0. The van der Waals surface area contributed by atoms with Crippen LogP contribution >= 0.6 is 0 Å². The Balaban J connectivity index is 1.90. The first-order valence-corrected chi connectivity index (χ1v) is 7.05. The standard InChI is InChI=1S/C19H15FO2/c1-13(21)18-11-16(20)9-10-19(18)22-12-15-7-4-6-14-5-2-3-8-17(14)15/h2-11H,12H2,1H3. The monoisotopic (exact) mass is 294 g/mol. The molecule has 0 unspecified atom stereocenters. The SMILES string of the molecule is CC(=O)c1cc(F)ccc1OCc1cccc2ccccc12. The van der Waals surface area contributed by atoms with E-state index in [9.17, 15) is 9.18 Å². The minimum atomic E-state index is -0.442. The molecule has 0 saturated heterocycles. The van der Waals surface area contributed by atoms with E-state index in [1.807, 2.05) is 42.5 Å². The van der Waals surface area contributed by atoms with Crippen LogP contribution in [0.15, 0.2) is 60.7 Å². The predicted octanol–water partition coefficient (Wildman–Crippen LogP) is 4.76. The summed E-state index contributed by atoms with van der Waals surface area (Å²) in [4.78, 5) is 11.6. The normalized spacial score (nSPS) is 10.6. The molecule has 0 N–H and O–H groups in total. The Bertz CT molecular complexity index is 834. The van der Waals surface area contributed by atoms with Crippen LogP contribution in [0.25, 0.3) is 10.8 Å². The van der Waals surface area contributed by atoms with E-state index in [0.717, 1.165) is 16.3 Å². The van der Waals surface area contributed by atoms with Crippen LogP contribution in [0.5, 0.6) is 5.75 Å². The van der Waals surface area contributed by atoms with Crippen molar-refractivity contribution in [1.82, 2.24) is 0 Å². The van der Waals surface area contributed by atoms with Crippen molar-refractivity contribution < 1.29 is 13.9 Å². The Kier molecular flexibility index (Phi) is 3.88. The van der Waals surface area contributed by atoms with Crippen molar-refractivity contribution in [2.45, 2.75) is 13.5 Å². The Morgan fingerprint density at radius 1 is 1.05 bits per heavy atom. The second-order valence-electron chi connectivity index (χ2n) is 5.12. The first-order chi connectivity index (χ1) is 10.6. The summed E-state index contributed by atoms with van der Waals surface area (Å²) in [5.74, 6) is -0.253. The van der Waals surface area contributed by atoms with Gasteiger partial charge >= 0.3 is 0 Å². The van der Waals surface area contributed by atoms with Crippen LogP contribution in [0.4, 0.5) is 4.39 Å². The van der Waals surface area contributed by atoms with Crippen molar-refractivity contribution >= 4 is 16.6 Å². The molecule has 0 bridgehead atoms. The van der Waals surface area contributed by atoms with Gasteiger partial charge in [0.1, 0.15) is 18.2 Å². The maximum atomic E-state index is 13.3. The van der Waals surface area contributed by atoms with Crippen molar-refractivity contribution in [1.29, 1.82) is 0 Å². The van der Waals surface area contributed by atoms with Crippen molar-refractivity contribution in [3.05, 3.63) is 77.6 Å². The first-order valence-electron chi connectivity index (χ1n) is 7.05. The molecule has 0 fully saturated rings. The zero-order chi connectivity index (χ0) is 15.5. The van der Waals surface area contributed by atoms with Crippen molar-refractivity contribution in [2.75, 3.05) is 0 Å². The largest absolute Gasteiger partial charge is 0.488 e. The summed E-state index contributed by atoms with van der Waals surface area (Å²) in [6, 6.07) is 18.0. The zero-order valence-corrected chi connectivity index (χ0v) is 12.2. The van der Waals surface area contributed by atoms with Gasteiger partial charge < -0.3 is 4.74 Å². The van der Waals surface area contributed by atoms with Crippen LogP contribution in [0.3, 0.4) is 0 Å². The van der Waals surface area contributed by atoms with Gasteiger partial charge in [0.15, 0.2) is 5.78 Å². The third kappa shape index (κ3) is 2.84. The van der Waals surface area contributed by atoms with E-state index in [4.69, 9.17) is 4.74 Å². The molecule has 3 aromatic carbocycles. The molecule has 0 heterocycles. The first kappa shape index (κ1) is 14.3. The highest BCUT2D eigenvalue weighted by Crippen LogP contribution is 2.24. The number of fused-ring (bicyclic) bond motifs is 1. The van der Waals surface area contributed by atoms with Crippen LogP contribution in [0, 0.1) is 5.82 Å². The average molecular weight is 294 g/mol. The zero-order valence-electron chi connectivity index (χ0n) is 12.2. The van der Waals surface area contributed by atoms with Crippen LogP contribution < -0.4 is 4.74 Å². The third-order valence-corrected chi connectivity index (χ3v) is 3.58. The lowest BCUT2D eigenvalue weighted by Crippen LogP contribution is -2.02. The van der Waals surface area contributed by atoms with Gasteiger partial charge in [0, 0.05) is 0 Å². The Labute approximate surface area is 128 Å². The van der Waals surface area contributed by atoms with Crippen molar-refractivity contribution in [3.63, 3.8) is 0 Å². The summed E-state index contributed by atoms with van der Waals surface area (Å²) in [6.45, 7) is 1.73. The topological polar surface area (TPSA) is 26.3 Å². The van der Waals surface area contributed by atoms with Gasteiger partial charge in [-0.25, -0.2) is 4.39 Å². The molecule has 0 aliphatic carbocycles. The molecule has 0 spiro atoms. The van der Waals surface area contributed by atoms with Crippen molar-refractivity contribution in [2.24, 2.45) is 0 Å². The molecule has 0 saturated carbocycles. The van der Waals surface area contributed by atoms with Gasteiger partial charge in [-0.05, 0) is 41.5 Å². The molecule has 0 atom stereocenters. The summed E-state index contributed by atoms with van der Waals surface area (Å²) < 4.78 is 19.0. The third-order valence-electron chi connectivity index (χ3n) is 3.58. The van der Waals surface area contributed by atoms with Crippen LogP contribution in [0.1, 0.15) is 22.8 Å². The molecule has 0 aromatic heterocycles. The minimum absolute atomic E-state index is 0.215. The molecule has 110 valence electrons. The highest BCUT2D eigenvalue weighted by atomic mass is 19.1. The fourth-order valence-corrected chi connectivity index (χ4v) is 2.48. The van der Waals surface area contributed by atoms with E-state index in [1.54, 1.807) is 0 Å². The van der Waals surface area contributed by atoms with E-state index >= 15 is 0 Å². The molecule has 0 amide bonds. The fourth-order valence-electron chi connectivity index (χ4n) is 2.48. The van der Waals surface area contributed by atoms with Gasteiger partial charge in [-0.2, -0.15) is 0 Å². The second-order valence-corrected chi connectivity index (χ2v) is 5.12. The summed E-state index contributed by atoms with van der Waals surface area (Å²) in [5.41, 5.74) is 1.29. The maximum Gasteiger partial charge on any atom is 0.163 e. The summed E-state index contributed by atoms with van der Waals surface area (Å²) >= 11 is 0. The maximum absolute atomic E-state index is 13.3. The molecular formula is C19H15FO2. The van der Waals surface area contributed by atoms with Gasteiger partial charge in [-0.15, -0.1) is 0 Å². The van der Waals surface area contributed by atoms with Crippen molar-refractivity contribution in [3.8, 4) is 5.75 Å². The van der Waals surface area contributed by atoms with Crippen LogP contribution in [0.2, 0.25) is 0 Å². The second kappa shape index (κ2) is 5.98. The lowest BCUT2D eigenvalue weighted by Gasteiger charge is -2.11. The van der Waals surface area contributed by atoms with Gasteiger partial charge in [-0.3, -0.25) is 4.79 Å². The molecule has 0 aliphatic rings. The number of benzene rings is 3. The molecule has 3 heteroatoms. The van der Waals surface area contributed by atoms with Gasteiger partial charge in [0.25, 0.3) is 0 Å². The molecular weight excluding hydrogens is 279 g/mol. The van der Waals surface area contributed by atoms with Gasteiger partial charge in [0.05, 0.1) is 5.56 Å². The molecule has 0 aliphatic heterocycles. The Hall–Kier alpha value is -2.68. The summed E-state index contributed by atoms with van der Waals surface area (Å²) in [7, 11) is 0. The van der Waals surface area contributed by atoms with Gasteiger partial charge in [0.2, 0.25) is 0 Å². The summed E-state index contributed by atoms with van der Waals surface area (Å²) in [5, 5.41) is 2.24. The molecule has 0 radical (unpaired) electrons. The fraction of sp³-hybridized carbons (Fsp3) is 0.105. The highest BCUT2D eigenvalue weighted by molar-refractivity contribution is 5.96. The smallest absolute Gasteiger partial charge is 0.163 e. The Morgan fingerprint density at radius 3 is 2.64 bits per heavy atom. The summed E-state index contributed by atoms with van der Waals surface area (Å²) in [6.07, 6.45) is 0. The van der Waals surface area contributed by atoms with E-state index < -0.39 is 5.82 Å². The molecule has 2 nitrogen and oxygen atoms in total. The number of rotatable bonds is 4. The predicted molar refractivity (Wildman–Crippen MR) is 84.7 cm³/mol. The molecule has 3 aromatic rings. The number of ketones is 1. The number of hydrogen-bond acceptors (Lipinski definition) is 2. The quantitative estimate of drug-likeness (QED) is 0.648. The number of halogens is 1. The van der Waals surface area contributed by atoms with E-state index in [0.29, 0.717) is 12.4 Å². The lowest BCUT2D eigenvalue weighted by atomic mass is 10.1. The average Bonchev–Trinajstić information content (AvgIpc) is 2.53. The minimum Gasteiger partial charge on any atom is -0.488 e. The van der Waals surface area contributed by atoms with E-state index in [1.165, 1.54) is 25.1 Å². The number of Topliss-reactive ketones (excluding diaryl/α,β-unsaturated/α-hetero) is 1. The number of carbonyl (C=O) groups excluding carboxylic acids is 1. The Morgan fingerprint density at radius 2 is 1.82 bits per heavy atom. The van der Waals surface area contributed by atoms with E-state index in [2.05, 4.69) is 0 Å². The lowest BCUT2D eigenvalue weighted by molar-refractivity contribution is 0.101. The number of ether oxygens (including phenoxy) is 1. The number of carbonyl (C=O) groups is 1.